The van der Waals surface area contributed by atoms with Crippen molar-refractivity contribution < 1.29 is 8.78 Å². The van der Waals surface area contributed by atoms with Gasteiger partial charge in [0.05, 0.1) is 11.9 Å². The fraction of sp³-hybridized carbons (Fsp3) is 0.115. The molecule has 4 nitrogen and oxygen atoms in total. The van der Waals surface area contributed by atoms with Gasteiger partial charge in [-0.15, -0.1) is 11.6 Å². The average Bonchev–Trinajstić information content (AvgIpc) is 3.26. The van der Waals surface area contributed by atoms with E-state index >= 15 is 0 Å². The largest absolute Gasteiger partial charge is 0.265 e. The van der Waals surface area contributed by atoms with E-state index in [4.69, 9.17) is 16.6 Å². The van der Waals surface area contributed by atoms with Gasteiger partial charge < -0.3 is 0 Å². The van der Waals surface area contributed by atoms with Crippen LogP contribution in [-0.2, 0) is 6.54 Å². The van der Waals surface area contributed by atoms with E-state index < -0.39 is 0 Å². The lowest BCUT2D eigenvalue weighted by molar-refractivity contribution is 0.620. The molecule has 0 spiro atoms. The quantitative estimate of drug-likeness (QED) is 0.264. The smallest absolute Gasteiger partial charge is 0.159 e. The summed E-state index contributed by atoms with van der Waals surface area (Å²) in [6.45, 7) is 0.611. The van der Waals surface area contributed by atoms with Gasteiger partial charge in [-0.3, -0.25) is 4.98 Å². The summed E-state index contributed by atoms with van der Waals surface area (Å²) in [7, 11) is 0. The average molecular weight is 461 g/mol. The van der Waals surface area contributed by atoms with E-state index in [-0.39, 0.29) is 11.6 Å². The van der Waals surface area contributed by atoms with E-state index in [0.29, 0.717) is 23.8 Å². The van der Waals surface area contributed by atoms with E-state index in [1.807, 2.05) is 16.8 Å². The van der Waals surface area contributed by atoms with Crippen LogP contribution in [0.1, 0.15) is 6.42 Å². The highest BCUT2D eigenvalue weighted by Crippen LogP contribution is 2.43. The molecule has 0 bridgehead atoms. The maximum Gasteiger partial charge on any atom is 0.159 e. The second-order valence-corrected chi connectivity index (χ2v) is 7.99. The maximum absolute atomic E-state index is 13.8. The lowest BCUT2D eigenvalue weighted by Crippen LogP contribution is -2.03. The number of alkyl halides is 1. The molecule has 5 aromatic rings. The number of pyridine rings is 2. The van der Waals surface area contributed by atoms with Gasteiger partial charge in [0.2, 0.25) is 0 Å². The van der Waals surface area contributed by atoms with E-state index in [1.165, 1.54) is 24.3 Å². The third kappa shape index (κ3) is 4.10. The lowest BCUT2D eigenvalue weighted by Gasteiger charge is -2.17. The lowest BCUT2D eigenvalue weighted by atomic mass is 9.89. The Labute approximate surface area is 194 Å². The molecule has 0 aliphatic carbocycles. The van der Waals surface area contributed by atoms with Gasteiger partial charge in [-0.1, -0.05) is 12.1 Å². The Balaban J connectivity index is 1.90. The van der Waals surface area contributed by atoms with Crippen LogP contribution in [0.4, 0.5) is 8.78 Å². The number of nitrogens with zero attached hydrogens (tertiary/aromatic N) is 4. The van der Waals surface area contributed by atoms with Crippen molar-refractivity contribution in [3.8, 4) is 33.5 Å². The zero-order chi connectivity index (χ0) is 22.8. The van der Waals surface area contributed by atoms with Crippen LogP contribution in [0.3, 0.4) is 0 Å². The molecule has 0 N–H and O–H groups in total. The van der Waals surface area contributed by atoms with E-state index in [0.717, 1.165) is 39.6 Å². The summed E-state index contributed by atoms with van der Waals surface area (Å²) in [4.78, 5) is 9.16. The molecule has 3 heterocycles. The maximum atomic E-state index is 13.8. The van der Waals surface area contributed by atoms with Gasteiger partial charge >= 0.3 is 0 Å². The number of halogens is 3. The summed E-state index contributed by atoms with van der Waals surface area (Å²) < 4.78 is 29.3. The second kappa shape index (κ2) is 9.08. The molecular formula is C26H19ClF2N4. The number of aryl methyl sites for hydroxylation is 1. The fourth-order valence-corrected chi connectivity index (χ4v) is 4.11. The molecule has 0 fully saturated rings. The SMILES string of the molecule is Fc1ccc(-c2nc3c(cnn3CCCCl)c(-c3ccc(F)cc3)c2-c2ccncc2)cc1. The van der Waals surface area contributed by atoms with Crippen molar-refractivity contribution in [2.75, 3.05) is 5.88 Å². The first-order chi connectivity index (χ1) is 16.2. The summed E-state index contributed by atoms with van der Waals surface area (Å²) in [5, 5.41) is 5.41. The topological polar surface area (TPSA) is 43.6 Å². The zero-order valence-electron chi connectivity index (χ0n) is 17.5. The highest BCUT2D eigenvalue weighted by Gasteiger charge is 2.22. The van der Waals surface area contributed by atoms with Crippen LogP contribution >= 0.6 is 11.6 Å². The van der Waals surface area contributed by atoms with E-state index in [1.54, 1.807) is 42.9 Å². The predicted molar refractivity (Wildman–Crippen MR) is 127 cm³/mol. The van der Waals surface area contributed by atoms with Gasteiger partial charge in [0, 0.05) is 46.9 Å². The molecule has 5 rings (SSSR count). The highest BCUT2D eigenvalue weighted by molar-refractivity contribution is 6.17. The molecule has 0 aliphatic rings. The Morgan fingerprint density at radius 3 is 2.00 bits per heavy atom. The predicted octanol–water partition coefficient (Wildman–Crippen LogP) is 6.73. The molecule has 0 saturated carbocycles. The summed E-state index contributed by atoms with van der Waals surface area (Å²) in [6, 6.07) is 16.4. The monoisotopic (exact) mass is 460 g/mol. The van der Waals surface area contributed by atoms with Crippen LogP contribution in [-0.4, -0.2) is 25.6 Å². The molecule has 0 radical (unpaired) electrons. The molecule has 0 saturated heterocycles. The Morgan fingerprint density at radius 1 is 0.758 bits per heavy atom. The number of hydrogen-bond acceptors (Lipinski definition) is 3. The molecule has 0 unspecified atom stereocenters. The summed E-state index contributed by atoms with van der Waals surface area (Å²) in [6.07, 6.45) is 5.96. The van der Waals surface area contributed by atoms with Crippen LogP contribution in [0, 0.1) is 11.6 Å². The fourth-order valence-electron chi connectivity index (χ4n) is 3.99. The van der Waals surface area contributed by atoms with Gasteiger partial charge in [0.1, 0.15) is 11.6 Å². The van der Waals surface area contributed by atoms with Gasteiger partial charge in [0.25, 0.3) is 0 Å². The molecule has 33 heavy (non-hydrogen) atoms. The molecule has 7 heteroatoms. The normalized spacial score (nSPS) is 11.2. The number of aromatic nitrogens is 4. The standard InChI is InChI=1S/C26H19ClF2N4/c27-12-1-15-33-26-22(16-31-33)23(17-2-6-20(28)7-3-17)24(18-10-13-30-14-11-18)25(32-26)19-4-8-21(29)9-5-19/h2-11,13-14,16H,1,12,15H2. The summed E-state index contributed by atoms with van der Waals surface area (Å²) >= 11 is 5.92. The van der Waals surface area contributed by atoms with Crippen molar-refractivity contribution in [3.05, 3.63) is 90.9 Å². The minimum Gasteiger partial charge on any atom is -0.265 e. The van der Waals surface area contributed by atoms with Crippen molar-refractivity contribution in [2.45, 2.75) is 13.0 Å². The zero-order valence-corrected chi connectivity index (χ0v) is 18.3. The number of hydrogen-bond donors (Lipinski definition) is 0. The molecule has 3 aromatic heterocycles. The Morgan fingerprint density at radius 2 is 1.36 bits per heavy atom. The Hall–Kier alpha value is -3.64. The second-order valence-electron chi connectivity index (χ2n) is 7.61. The minimum absolute atomic E-state index is 0.314. The third-order valence-corrected chi connectivity index (χ3v) is 5.78. The van der Waals surface area contributed by atoms with Crippen molar-refractivity contribution in [2.24, 2.45) is 0 Å². The van der Waals surface area contributed by atoms with Gasteiger partial charge in [0.15, 0.2) is 5.65 Å². The van der Waals surface area contributed by atoms with E-state index in [2.05, 4.69) is 10.1 Å². The molecule has 0 atom stereocenters. The van der Waals surface area contributed by atoms with Crippen molar-refractivity contribution in [3.63, 3.8) is 0 Å². The molecular weight excluding hydrogens is 442 g/mol. The Bertz CT molecular complexity index is 1400. The first-order valence-corrected chi connectivity index (χ1v) is 11.1. The van der Waals surface area contributed by atoms with E-state index in [9.17, 15) is 8.78 Å². The van der Waals surface area contributed by atoms with Gasteiger partial charge in [-0.25, -0.2) is 18.4 Å². The van der Waals surface area contributed by atoms with Crippen molar-refractivity contribution >= 4 is 22.6 Å². The molecule has 0 amide bonds. The van der Waals surface area contributed by atoms with Crippen molar-refractivity contribution in [1.29, 1.82) is 0 Å². The first-order valence-electron chi connectivity index (χ1n) is 10.5. The number of benzene rings is 2. The third-order valence-electron chi connectivity index (χ3n) is 5.51. The summed E-state index contributed by atoms with van der Waals surface area (Å²) in [5.41, 5.74) is 5.58. The number of rotatable bonds is 6. The van der Waals surface area contributed by atoms with Crippen LogP contribution in [0.15, 0.2) is 79.3 Å². The van der Waals surface area contributed by atoms with Gasteiger partial charge in [-0.05, 0) is 66.1 Å². The molecule has 0 aliphatic heterocycles. The van der Waals surface area contributed by atoms with Crippen LogP contribution < -0.4 is 0 Å². The summed E-state index contributed by atoms with van der Waals surface area (Å²) in [5.74, 6) is -0.131. The number of fused-ring (bicyclic) bond motifs is 1. The van der Waals surface area contributed by atoms with Crippen LogP contribution in [0.5, 0.6) is 0 Å². The minimum atomic E-state index is -0.323. The van der Waals surface area contributed by atoms with Crippen molar-refractivity contribution in [1.82, 2.24) is 19.7 Å². The van der Waals surface area contributed by atoms with Gasteiger partial charge in [-0.2, -0.15) is 5.10 Å². The highest BCUT2D eigenvalue weighted by atomic mass is 35.5. The van der Waals surface area contributed by atoms with Crippen LogP contribution in [0.2, 0.25) is 0 Å². The first kappa shape index (κ1) is 21.2. The molecule has 164 valence electrons. The van der Waals surface area contributed by atoms with Crippen LogP contribution in [0.25, 0.3) is 44.5 Å². The Kier molecular flexibility index (Phi) is 5.84. The molecule has 2 aromatic carbocycles.